The van der Waals surface area contributed by atoms with Gasteiger partial charge in [0.1, 0.15) is 5.82 Å². The van der Waals surface area contributed by atoms with E-state index in [9.17, 15) is 14.6 Å². The maximum atomic E-state index is 13.4. The maximum Gasteiger partial charge on any atom is 0.142 e. The van der Waals surface area contributed by atoms with E-state index in [1.54, 1.807) is 12.1 Å². The normalized spacial score (nSPS) is 20.8. The molecule has 1 fully saturated rings. The Morgan fingerprint density at radius 2 is 1.84 bits per heavy atom. The van der Waals surface area contributed by atoms with Crippen LogP contribution < -0.4 is 0 Å². The second kappa shape index (κ2) is 6.21. The zero-order valence-corrected chi connectivity index (χ0v) is 11.7. The van der Waals surface area contributed by atoms with Crippen LogP contribution in [0.5, 0.6) is 0 Å². The van der Waals surface area contributed by atoms with E-state index in [0.29, 0.717) is 18.4 Å². The summed E-state index contributed by atoms with van der Waals surface area (Å²) in [6.45, 7) is 0. The summed E-state index contributed by atoms with van der Waals surface area (Å²) >= 11 is 5.89. The van der Waals surface area contributed by atoms with Crippen LogP contribution >= 0.6 is 11.6 Å². The first-order valence-corrected chi connectivity index (χ1v) is 7.24. The molecule has 4 heteroatoms. The Hall–Kier alpha value is -0.640. The largest absolute Gasteiger partial charge is 0.390 e. The number of aliphatic hydroxyl groups is 2. The Balaban J connectivity index is 2.11. The van der Waals surface area contributed by atoms with Crippen LogP contribution in [0.15, 0.2) is 18.2 Å². The summed E-state index contributed by atoms with van der Waals surface area (Å²) in [6, 6.07) is 4.55. The van der Waals surface area contributed by atoms with Crippen molar-refractivity contribution in [2.45, 2.75) is 56.7 Å². The van der Waals surface area contributed by atoms with Gasteiger partial charge in [0.05, 0.1) is 16.7 Å². The minimum atomic E-state index is -1.06. The van der Waals surface area contributed by atoms with Crippen molar-refractivity contribution in [3.63, 3.8) is 0 Å². The lowest BCUT2D eigenvalue weighted by molar-refractivity contribution is -0.0836. The van der Waals surface area contributed by atoms with E-state index in [1.165, 1.54) is 6.07 Å². The molecule has 2 N–H and O–H groups in total. The van der Waals surface area contributed by atoms with Gasteiger partial charge < -0.3 is 10.2 Å². The maximum absolute atomic E-state index is 13.4. The molecule has 0 amide bonds. The zero-order chi connectivity index (χ0) is 13.9. The van der Waals surface area contributed by atoms with Crippen molar-refractivity contribution in [2.75, 3.05) is 0 Å². The van der Waals surface area contributed by atoms with E-state index in [2.05, 4.69) is 0 Å². The minimum Gasteiger partial charge on any atom is -0.390 e. The standard InChI is InChI=1S/C15H20ClFO2/c16-14-11(6-5-7-12(14)17)10-13(18)15(19)8-3-1-2-4-9-15/h5-7,13,18-19H,1-4,8-10H2. The smallest absolute Gasteiger partial charge is 0.142 e. The molecule has 1 aromatic carbocycles. The first-order chi connectivity index (χ1) is 9.03. The monoisotopic (exact) mass is 286 g/mol. The van der Waals surface area contributed by atoms with Gasteiger partial charge in [-0.15, -0.1) is 0 Å². The number of rotatable bonds is 3. The molecular formula is C15H20ClFO2. The van der Waals surface area contributed by atoms with Crippen molar-refractivity contribution in [2.24, 2.45) is 0 Å². The molecule has 2 rings (SSSR count). The van der Waals surface area contributed by atoms with Crippen LogP contribution in [0, 0.1) is 5.82 Å². The van der Waals surface area contributed by atoms with Crippen LogP contribution in [-0.4, -0.2) is 21.9 Å². The Labute approximate surface area is 118 Å². The summed E-state index contributed by atoms with van der Waals surface area (Å²) in [5, 5.41) is 20.9. The Morgan fingerprint density at radius 3 is 2.47 bits per heavy atom. The second-order valence-corrected chi connectivity index (χ2v) is 5.83. The van der Waals surface area contributed by atoms with Crippen LogP contribution in [0.1, 0.15) is 44.1 Å². The molecule has 0 aliphatic heterocycles. The van der Waals surface area contributed by atoms with Crippen LogP contribution in [0.4, 0.5) is 4.39 Å². The van der Waals surface area contributed by atoms with Gasteiger partial charge in [0, 0.05) is 6.42 Å². The molecule has 19 heavy (non-hydrogen) atoms. The van der Waals surface area contributed by atoms with E-state index in [1.807, 2.05) is 0 Å². The van der Waals surface area contributed by atoms with Gasteiger partial charge in [-0.2, -0.15) is 0 Å². The number of hydrogen-bond donors (Lipinski definition) is 2. The van der Waals surface area contributed by atoms with Gasteiger partial charge in [-0.1, -0.05) is 49.4 Å². The Bertz CT molecular complexity index is 428. The quantitative estimate of drug-likeness (QED) is 0.836. The van der Waals surface area contributed by atoms with Crippen LogP contribution in [0.3, 0.4) is 0 Å². The van der Waals surface area contributed by atoms with Crippen molar-refractivity contribution in [3.8, 4) is 0 Å². The molecule has 1 aliphatic rings. The molecule has 0 saturated heterocycles. The molecular weight excluding hydrogens is 267 g/mol. The fourth-order valence-electron chi connectivity index (χ4n) is 2.78. The Kier molecular flexibility index (Phi) is 4.82. The number of hydrogen-bond acceptors (Lipinski definition) is 2. The SMILES string of the molecule is OC(Cc1cccc(F)c1Cl)C1(O)CCCCCC1. The molecule has 1 aromatic rings. The van der Waals surface area contributed by atoms with Gasteiger partial charge in [0.15, 0.2) is 0 Å². The van der Waals surface area contributed by atoms with Gasteiger partial charge in [0.25, 0.3) is 0 Å². The molecule has 1 unspecified atom stereocenters. The van der Waals surface area contributed by atoms with E-state index in [0.717, 1.165) is 25.7 Å². The molecule has 0 spiro atoms. The molecule has 1 saturated carbocycles. The summed E-state index contributed by atoms with van der Waals surface area (Å²) in [7, 11) is 0. The summed E-state index contributed by atoms with van der Waals surface area (Å²) in [5.41, 5.74) is -0.515. The first kappa shape index (κ1) is 14.8. The summed E-state index contributed by atoms with van der Waals surface area (Å²) in [4.78, 5) is 0. The van der Waals surface area contributed by atoms with Gasteiger partial charge in [-0.3, -0.25) is 0 Å². The molecule has 0 heterocycles. The second-order valence-electron chi connectivity index (χ2n) is 5.45. The van der Waals surface area contributed by atoms with Gasteiger partial charge in [-0.05, 0) is 24.5 Å². The van der Waals surface area contributed by atoms with E-state index >= 15 is 0 Å². The molecule has 1 aliphatic carbocycles. The lowest BCUT2D eigenvalue weighted by atomic mass is 9.85. The highest BCUT2D eigenvalue weighted by Crippen LogP contribution is 2.32. The molecule has 1 atom stereocenters. The van der Waals surface area contributed by atoms with Gasteiger partial charge in [-0.25, -0.2) is 4.39 Å². The highest BCUT2D eigenvalue weighted by molar-refractivity contribution is 6.31. The molecule has 0 radical (unpaired) electrons. The predicted molar refractivity (Wildman–Crippen MR) is 73.8 cm³/mol. The van der Waals surface area contributed by atoms with Crippen LogP contribution in [0.25, 0.3) is 0 Å². The van der Waals surface area contributed by atoms with E-state index in [-0.39, 0.29) is 11.4 Å². The number of aliphatic hydroxyl groups excluding tert-OH is 1. The predicted octanol–water partition coefficient (Wildman–Crippen LogP) is 3.47. The van der Waals surface area contributed by atoms with Crippen molar-refractivity contribution in [3.05, 3.63) is 34.6 Å². The number of halogens is 2. The summed E-state index contributed by atoms with van der Waals surface area (Å²) in [6.07, 6.45) is 4.51. The zero-order valence-electron chi connectivity index (χ0n) is 10.9. The molecule has 2 nitrogen and oxygen atoms in total. The van der Waals surface area contributed by atoms with Gasteiger partial charge in [0.2, 0.25) is 0 Å². The highest BCUT2D eigenvalue weighted by Gasteiger charge is 2.36. The van der Waals surface area contributed by atoms with Crippen LogP contribution in [-0.2, 0) is 6.42 Å². The lowest BCUT2D eigenvalue weighted by Crippen LogP contribution is -2.43. The van der Waals surface area contributed by atoms with Crippen molar-refractivity contribution >= 4 is 11.6 Å². The van der Waals surface area contributed by atoms with E-state index < -0.39 is 17.5 Å². The summed E-state index contributed by atoms with van der Waals surface area (Å²) in [5.74, 6) is -0.487. The summed E-state index contributed by atoms with van der Waals surface area (Å²) < 4.78 is 13.4. The minimum absolute atomic E-state index is 0.0405. The highest BCUT2D eigenvalue weighted by atomic mass is 35.5. The topological polar surface area (TPSA) is 40.5 Å². The fourth-order valence-corrected chi connectivity index (χ4v) is 2.98. The lowest BCUT2D eigenvalue weighted by Gasteiger charge is -2.32. The van der Waals surface area contributed by atoms with Crippen molar-refractivity contribution in [1.29, 1.82) is 0 Å². The van der Waals surface area contributed by atoms with Crippen molar-refractivity contribution in [1.82, 2.24) is 0 Å². The van der Waals surface area contributed by atoms with Gasteiger partial charge >= 0.3 is 0 Å². The van der Waals surface area contributed by atoms with Crippen LogP contribution in [0.2, 0.25) is 5.02 Å². The molecule has 106 valence electrons. The van der Waals surface area contributed by atoms with E-state index in [4.69, 9.17) is 11.6 Å². The fraction of sp³-hybridized carbons (Fsp3) is 0.600. The number of benzene rings is 1. The van der Waals surface area contributed by atoms with Crippen molar-refractivity contribution < 1.29 is 14.6 Å². The average molecular weight is 287 g/mol. The third kappa shape index (κ3) is 3.47. The Morgan fingerprint density at radius 1 is 1.21 bits per heavy atom. The first-order valence-electron chi connectivity index (χ1n) is 6.86. The molecule has 0 aromatic heterocycles. The molecule has 0 bridgehead atoms. The average Bonchev–Trinajstić information content (AvgIpc) is 2.61. The third-order valence-corrected chi connectivity index (χ3v) is 4.46. The third-order valence-electron chi connectivity index (χ3n) is 4.03.